The summed E-state index contributed by atoms with van der Waals surface area (Å²) >= 11 is 0. The molecule has 1 fully saturated rings. The summed E-state index contributed by atoms with van der Waals surface area (Å²) in [6.45, 7) is 4.68. The number of nitrogens with zero attached hydrogens (tertiary/aromatic N) is 3. The number of amides is 1. The number of methoxy groups -OCH3 is 1. The summed E-state index contributed by atoms with van der Waals surface area (Å²) in [5, 5.41) is 4.48. The monoisotopic (exact) mass is 345 g/mol. The zero-order chi connectivity index (χ0) is 18.1. The molecule has 7 nitrogen and oxygen atoms in total. The van der Waals surface area contributed by atoms with Crippen LogP contribution in [-0.4, -0.2) is 40.2 Å². The van der Waals surface area contributed by atoms with Crippen molar-refractivity contribution >= 4 is 11.9 Å². The molecule has 0 radical (unpaired) electrons. The molecule has 25 heavy (non-hydrogen) atoms. The molecular formula is C18H23N3O4. The zero-order valence-electron chi connectivity index (χ0n) is 15.0. The molecule has 0 spiro atoms. The number of aryl methyl sites for hydroxylation is 2. The fourth-order valence-corrected chi connectivity index (χ4v) is 3.61. The van der Waals surface area contributed by atoms with Gasteiger partial charge in [-0.1, -0.05) is 0 Å². The first-order chi connectivity index (χ1) is 11.9. The molecule has 3 rings (SSSR count). The van der Waals surface area contributed by atoms with Crippen LogP contribution in [0.25, 0.3) is 0 Å². The van der Waals surface area contributed by atoms with Gasteiger partial charge in [-0.2, -0.15) is 5.10 Å². The Labute approximate surface area is 146 Å². The lowest BCUT2D eigenvalue weighted by Gasteiger charge is -2.25. The van der Waals surface area contributed by atoms with Crippen LogP contribution in [0, 0.1) is 13.8 Å². The largest absolute Gasteiger partial charge is 0.469 e. The molecule has 1 aliphatic rings. The van der Waals surface area contributed by atoms with Gasteiger partial charge in [0.05, 0.1) is 30.7 Å². The van der Waals surface area contributed by atoms with Gasteiger partial charge in [0.15, 0.2) is 0 Å². The Morgan fingerprint density at radius 1 is 1.40 bits per heavy atom. The maximum Gasteiger partial charge on any atom is 0.313 e. The van der Waals surface area contributed by atoms with Gasteiger partial charge in [0, 0.05) is 24.8 Å². The molecule has 0 aromatic carbocycles. The van der Waals surface area contributed by atoms with Crippen molar-refractivity contribution in [2.75, 3.05) is 13.7 Å². The lowest BCUT2D eigenvalue weighted by molar-refractivity contribution is -0.140. The number of rotatable bonds is 4. The topological polar surface area (TPSA) is 77.6 Å². The van der Waals surface area contributed by atoms with Crippen LogP contribution in [0.2, 0.25) is 0 Å². The standard InChI is InChI=1S/C18H23N3O4/c1-11-17(12(2)20(3)19-11)14-6-5-8-21(14)18(23)13-7-9-25-15(13)10-16(22)24-4/h7,9,14H,5-6,8,10H2,1-4H3/t14-/m1/s1. The van der Waals surface area contributed by atoms with E-state index in [1.807, 2.05) is 30.5 Å². The van der Waals surface area contributed by atoms with Crippen LogP contribution in [0.15, 0.2) is 16.7 Å². The summed E-state index contributed by atoms with van der Waals surface area (Å²) < 4.78 is 11.9. The SMILES string of the molecule is COC(=O)Cc1occc1C(=O)N1CCC[C@@H]1c1c(C)nn(C)c1C. The maximum absolute atomic E-state index is 13.1. The number of likely N-dealkylation sites (tertiary alicyclic amines) is 1. The van der Waals surface area contributed by atoms with Gasteiger partial charge in [0.2, 0.25) is 0 Å². The number of hydrogen-bond donors (Lipinski definition) is 0. The molecule has 1 amide bonds. The molecule has 2 aromatic heterocycles. The van der Waals surface area contributed by atoms with E-state index in [0.29, 0.717) is 17.9 Å². The van der Waals surface area contributed by atoms with Crippen LogP contribution in [0.5, 0.6) is 0 Å². The summed E-state index contributed by atoms with van der Waals surface area (Å²) in [7, 11) is 3.23. The van der Waals surface area contributed by atoms with E-state index in [1.165, 1.54) is 13.4 Å². The van der Waals surface area contributed by atoms with E-state index in [2.05, 4.69) is 9.84 Å². The van der Waals surface area contributed by atoms with Crippen molar-refractivity contribution in [1.29, 1.82) is 0 Å². The Morgan fingerprint density at radius 2 is 2.16 bits per heavy atom. The molecule has 0 saturated carbocycles. The van der Waals surface area contributed by atoms with E-state index in [-0.39, 0.29) is 18.4 Å². The predicted octanol–water partition coefficient (Wildman–Crippen LogP) is 2.32. The Kier molecular flexibility index (Phi) is 4.65. The summed E-state index contributed by atoms with van der Waals surface area (Å²) in [4.78, 5) is 26.5. The summed E-state index contributed by atoms with van der Waals surface area (Å²) in [5.74, 6) is -0.194. The fourth-order valence-electron chi connectivity index (χ4n) is 3.61. The molecule has 134 valence electrons. The number of hydrogen-bond acceptors (Lipinski definition) is 5. The number of furan rings is 1. The minimum atomic E-state index is -0.430. The minimum Gasteiger partial charge on any atom is -0.469 e. The normalized spacial score (nSPS) is 17.1. The van der Waals surface area contributed by atoms with Crippen LogP contribution < -0.4 is 0 Å². The molecule has 0 N–H and O–H groups in total. The van der Waals surface area contributed by atoms with Gasteiger partial charge in [0.25, 0.3) is 5.91 Å². The third-order valence-corrected chi connectivity index (χ3v) is 4.92. The van der Waals surface area contributed by atoms with Gasteiger partial charge in [-0.3, -0.25) is 14.3 Å². The smallest absolute Gasteiger partial charge is 0.313 e. The van der Waals surface area contributed by atoms with Crippen molar-refractivity contribution < 1.29 is 18.7 Å². The van der Waals surface area contributed by atoms with Crippen LogP contribution in [0.1, 0.15) is 52.0 Å². The Hall–Kier alpha value is -2.57. The molecule has 0 aliphatic carbocycles. The predicted molar refractivity (Wildman–Crippen MR) is 90.1 cm³/mol. The first-order valence-corrected chi connectivity index (χ1v) is 8.38. The highest BCUT2D eigenvalue weighted by Gasteiger charge is 2.35. The Balaban J connectivity index is 1.89. The molecule has 0 unspecified atom stereocenters. The lowest BCUT2D eigenvalue weighted by Crippen LogP contribution is -2.31. The van der Waals surface area contributed by atoms with Crippen LogP contribution in [-0.2, 0) is 23.0 Å². The van der Waals surface area contributed by atoms with E-state index >= 15 is 0 Å². The van der Waals surface area contributed by atoms with Crippen molar-refractivity contribution in [1.82, 2.24) is 14.7 Å². The second kappa shape index (κ2) is 6.74. The van der Waals surface area contributed by atoms with Crippen molar-refractivity contribution in [3.8, 4) is 0 Å². The van der Waals surface area contributed by atoms with Gasteiger partial charge < -0.3 is 14.1 Å². The van der Waals surface area contributed by atoms with Crippen molar-refractivity contribution in [3.05, 3.63) is 40.6 Å². The van der Waals surface area contributed by atoms with Crippen molar-refractivity contribution in [2.24, 2.45) is 7.05 Å². The van der Waals surface area contributed by atoms with Gasteiger partial charge in [0.1, 0.15) is 12.2 Å². The highest BCUT2D eigenvalue weighted by molar-refractivity contribution is 5.96. The third kappa shape index (κ3) is 3.06. The average Bonchev–Trinajstić information content (AvgIpc) is 3.28. The minimum absolute atomic E-state index is 0.00192. The third-order valence-electron chi connectivity index (χ3n) is 4.92. The lowest BCUT2D eigenvalue weighted by atomic mass is 10.0. The highest BCUT2D eigenvalue weighted by Crippen LogP contribution is 2.36. The quantitative estimate of drug-likeness (QED) is 0.795. The van der Waals surface area contributed by atoms with E-state index < -0.39 is 5.97 Å². The first kappa shape index (κ1) is 17.3. The molecular weight excluding hydrogens is 322 g/mol. The summed E-state index contributed by atoms with van der Waals surface area (Å²) in [5.41, 5.74) is 3.57. The number of carbonyl (C=O) groups is 2. The van der Waals surface area contributed by atoms with Crippen molar-refractivity contribution in [2.45, 2.75) is 39.2 Å². The molecule has 2 aromatic rings. The van der Waals surface area contributed by atoms with E-state index in [0.717, 1.165) is 29.8 Å². The van der Waals surface area contributed by atoms with Gasteiger partial charge >= 0.3 is 5.97 Å². The Bertz CT molecular complexity index is 805. The van der Waals surface area contributed by atoms with Crippen LogP contribution in [0.3, 0.4) is 0 Å². The van der Waals surface area contributed by atoms with E-state index in [9.17, 15) is 9.59 Å². The van der Waals surface area contributed by atoms with Gasteiger partial charge in [-0.25, -0.2) is 0 Å². The number of esters is 1. The van der Waals surface area contributed by atoms with Crippen LogP contribution in [0.4, 0.5) is 0 Å². The number of carbonyl (C=O) groups excluding carboxylic acids is 2. The van der Waals surface area contributed by atoms with Crippen molar-refractivity contribution in [3.63, 3.8) is 0 Å². The zero-order valence-corrected chi connectivity index (χ0v) is 15.0. The highest BCUT2D eigenvalue weighted by atomic mass is 16.5. The number of aromatic nitrogens is 2. The first-order valence-electron chi connectivity index (χ1n) is 8.38. The Morgan fingerprint density at radius 3 is 2.80 bits per heavy atom. The number of ether oxygens (including phenoxy) is 1. The summed E-state index contributed by atoms with van der Waals surface area (Å²) in [6.07, 6.45) is 3.24. The maximum atomic E-state index is 13.1. The second-order valence-electron chi connectivity index (χ2n) is 6.38. The fraction of sp³-hybridized carbons (Fsp3) is 0.500. The van der Waals surface area contributed by atoms with Crippen LogP contribution >= 0.6 is 0 Å². The molecule has 3 heterocycles. The molecule has 0 bridgehead atoms. The van der Waals surface area contributed by atoms with E-state index in [4.69, 9.17) is 4.42 Å². The molecule has 7 heteroatoms. The van der Waals surface area contributed by atoms with Gasteiger partial charge in [-0.05, 0) is 32.8 Å². The average molecular weight is 345 g/mol. The van der Waals surface area contributed by atoms with Gasteiger partial charge in [-0.15, -0.1) is 0 Å². The molecule has 1 saturated heterocycles. The second-order valence-corrected chi connectivity index (χ2v) is 6.38. The molecule has 1 aliphatic heterocycles. The summed E-state index contributed by atoms with van der Waals surface area (Å²) in [6, 6.07) is 1.63. The van der Waals surface area contributed by atoms with E-state index in [1.54, 1.807) is 6.07 Å². The molecule has 1 atom stereocenters.